The van der Waals surface area contributed by atoms with E-state index in [1.165, 1.54) is 31.2 Å². The number of benzene rings is 1. The van der Waals surface area contributed by atoms with Gasteiger partial charge in [0.25, 0.3) is 0 Å². The van der Waals surface area contributed by atoms with E-state index in [1.807, 2.05) is 12.1 Å². The van der Waals surface area contributed by atoms with Crippen molar-refractivity contribution in [2.75, 3.05) is 7.05 Å². The molecule has 1 fully saturated rings. The van der Waals surface area contributed by atoms with Crippen molar-refractivity contribution in [3.63, 3.8) is 0 Å². The highest BCUT2D eigenvalue weighted by atomic mass is 79.9. The Balaban J connectivity index is 1.90. The summed E-state index contributed by atoms with van der Waals surface area (Å²) in [6.07, 6.45) is 7.63. The Morgan fingerprint density at radius 2 is 2.11 bits per heavy atom. The Hall–Kier alpha value is -0.410. The van der Waals surface area contributed by atoms with Gasteiger partial charge in [0.05, 0.1) is 4.47 Å². The van der Waals surface area contributed by atoms with Gasteiger partial charge in [0.2, 0.25) is 0 Å². The zero-order valence-corrected chi connectivity index (χ0v) is 12.5. The zero-order chi connectivity index (χ0) is 13.0. The van der Waals surface area contributed by atoms with Gasteiger partial charge in [-0.1, -0.05) is 18.9 Å². The predicted octanol–water partition coefficient (Wildman–Crippen LogP) is 4.30. The van der Waals surface area contributed by atoms with Gasteiger partial charge in [-0.05, 0) is 72.3 Å². The first-order valence-electron chi connectivity index (χ1n) is 6.82. The summed E-state index contributed by atoms with van der Waals surface area (Å²) < 4.78 is 13.7. The first-order valence-corrected chi connectivity index (χ1v) is 7.61. The van der Waals surface area contributed by atoms with Crippen molar-refractivity contribution in [3.05, 3.63) is 34.1 Å². The molecule has 18 heavy (non-hydrogen) atoms. The van der Waals surface area contributed by atoms with Crippen LogP contribution in [0, 0.1) is 11.7 Å². The maximum absolute atomic E-state index is 13.2. The van der Waals surface area contributed by atoms with Crippen LogP contribution in [0.25, 0.3) is 0 Å². The van der Waals surface area contributed by atoms with Crippen LogP contribution < -0.4 is 5.32 Å². The van der Waals surface area contributed by atoms with Crippen molar-refractivity contribution in [1.82, 2.24) is 5.32 Å². The van der Waals surface area contributed by atoms with Gasteiger partial charge in [-0.3, -0.25) is 0 Å². The number of nitrogens with one attached hydrogen (secondary N) is 1. The number of hydrogen-bond acceptors (Lipinski definition) is 1. The largest absolute Gasteiger partial charge is 0.317 e. The van der Waals surface area contributed by atoms with Gasteiger partial charge >= 0.3 is 0 Å². The number of hydrogen-bond donors (Lipinski definition) is 1. The smallest absolute Gasteiger partial charge is 0.137 e. The summed E-state index contributed by atoms with van der Waals surface area (Å²) in [5, 5.41) is 3.45. The molecular weight excluding hydrogens is 293 g/mol. The Morgan fingerprint density at radius 1 is 1.39 bits per heavy atom. The van der Waals surface area contributed by atoms with Crippen molar-refractivity contribution in [3.8, 4) is 0 Å². The molecule has 0 aliphatic heterocycles. The Kier molecular flexibility index (Phi) is 5.19. The molecule has 0 saturated heterocycles. The van der Waals surface area contributed by atoms with E-state index in [0.717, 1.165) is 18.8 Å². The molecule has 2 rings (SSSR count). The molecule has 0 spiro atoms. The van der Waals surface area contributed by atoms with Gasteiger partial charge in [0, 0.05) is 6.04 Å². The van der Waals surface area contributed by atoms with E-state index in [9.17, 15) is 4.39 Å². The lowest BCUT2D eigenvalue weighted by Crippen LogP contribution is -2.32. The Bertz CT molecular complexity index is 388. The minimum atomic E-state index is -0.181. The van der Waals surface area contributed by atoms with Gasteiger partial charge in [0.1, 0.15) is 5.82 Å². The molecule has 0 amide bonds. The fraction of sp³-hybridized carbons (Fsp3) is 0.600. The number of aryl methyl sites for hydroxylation is 1. The van der Waals surface area contributed by atoms with Gasteiger partial charge in [-0.15, -0.1) is 0 Å². The quantitative estimate of drug-likeness (QED) is 0.854. The minimum Gasteiger partial charge on any atom is -0.317 e. The fourth-order valence-electron chi connectivity index (χ4n) is 2.99. The molecule has 1 unspecified atom stereocenters. The molecule has 0 radical (unpaired) electrons. The molecule has 1 aliphatic rings. The van der Waals surface area contributed by atoms with Crippen molar-refractivity contribution in [1.29, 1.82) is 0 Å². The maximum Gasteiger partial charge on any atom is 0.137 e. The molecule has 0 heterocycles. The second-order valence-electron chi connectivity index (χ2n) is 5.23. The van der Waals surface area contributed by atoms with Crippen molar-refractivity contribution in [2.45, 2.75) is 44.6 Å². The number of rotatable bonds is 5. The normalized spacial score (nSPS) is 18.2. The topological polar surface area (TPSA) is 12.0 Å². The summed E-state index contributed by atoms with van der Waals surface area (Å²) in [5.74, 6) is 0.651. The van der Waals surface area contributed by atoms with Crippen LogP contribution >= 0.6 is 15.9 Å². The average Bonchev–Trinajstić information content (AvgIpc) is 2.88. The van der Waals surface area contributed by atoms with Crippen LogP contribution in [0.3, 0.4) is 0 Å². The first-order chi connectivity index (χ1) is 8.70. The molecule has 100 valence electrons. The summed E-state index contributed by atoms with van der Waals surface area (Å²) in [6, 6.07) is 5.94. The van der Waals surface area contributed by atoms with Gasteiger partial charge in [0.15, 0.2) is 0 Å². The lowest BCUT2D eigenvalue weighted by molar-refractivity contribution is 0.360. The molecule has 1 aromatic rings. The summed E-state index contributed by atoms with van der Waals surface area (Å²) in [4.78, 5) is 0. The average molecular weight is 314 g/mol. The Morgan fingerprint density at radius 3 is 2.72 bits per heavy atom. The lowest BCUT2D eigenvalue weighted by atomic mass is 9.92. The first kappa shape index (κ1) is 14.0. The molecule has 3 heteroatoms. The third-order valence-corrected chi connectivity index (χ3v) is 4.68. The molecule has 1 N–H and O–H groups in total. The van der Waals surface area contributed by atoms with Crippen LogP contribution in [0.1, 0.15) is 37.7 Å². The van der Waals surface area contributed by atoms with E-state index in [4.69, 9.17) is 0 Å². The molecule has 0 bridgehead atoms. The van der Waals surface area contributed by atoms with Crippen molar-refractivity contribution in [2.24, 2.45) is 5.92 Å². The highest BCUT2D eigenvalue weighted by Gasteiger charge is 2.23. The van der Waals surface area contributed by atoms with Crippen molar-refractivity contribution >= 4 is 15.9 Å². The van der Waals surface area contributed by atoms with E-state index >= 15 is 0 Å². The third kappa shape index (κ3) is 3.55. The SMILES string of the molecule is CNC(CCc1ccc(F)c(Br)c1)C1CCCC1. The second-order valence-corrected chi connectivity index (χ2v) is 6.08. The lowest BCUT2D eigenvalue weighted by Gasteiger charge is -2.22. The predicted molar refractivity (Wildman–Crippen MR) is 77.2 cm³/mol. The highest BCUT2D eigenvalue weighted by Crippen LogP contribution is 2.29. The van der Waals surface area contributed by atoms with Crippen LogP contribution in [-0.2, 0) is 6.42 Å². The molecule has 0 aromatic heterocycles. The van der Waals surface area contributed by atoms with E-state index in [0.29, 0.717) is 10.5 Å². The Labute approximate surface area is 117 Å². The van der Waals surface area contributed by atoms with Crippen LogP contribution in [-0.4, -0.2) is 13.1 Å². The van der Waals surface area contributed by atoms with Gasteiger partial charge < -0.3 is 5.32 Å². The molecule has 1 aromatic carbocycles. The van der Waals surface area contributed by atoms with E-state index < -0.39 is 0 Å². The van der Waals surface area contributed by atoms with E-state index in [-0.39, 0.29) is 5.82 Å². The van der Waals surface area contributed by atoms with E-state index in [1.54, 1.807) is 6.07 Å². The van der Waals surface area contributed by atoms with Gasteiger partial charge in [-0.2, -0.15) is 0 Å². The monoisotopic (exact) mass is 313 g/mol. The number of halogens is 2. The molecule has 1 saturated carbocycles. The van der Waals surface area contributed by atoms with Crippen LogP contribution in [0.15, 0.2) is 22.7 Å². The summed E-state index contributed by atoms with van der Waals surface area (Å²) in [7, 11) is 2.06. The van der Waals surface area contributed by atoms with Crippen LogP contribution in [0.2, 0.25) is 0 Å². The standard InChI is InChI=1S/C15H21BrFN/c1-18-15(12-4-2-3-5-12)9-7-11-6-8-14(17)13(16)10-11/h6,8,10,12,15,18H,2-5,7,9H2,1H3. The van der Waals surface area contributed by atoms with Gasteiger partial charge in [-0.25, -0.2) is 4.39 Å². The maximum atomic E-state index is 13.2. The molecule has 1 nitrogen and oxygen atoms in total. The fourth-order valence-corrected chi connectivity index (χ4v) is 3.42. The molecule has 1 aliphatic carbocycles. The van der Waals surface area contributed by atoms with Crippen LogP contribution in [0.5, 0.6) is 0 Å². The van der Waals surface area contributed by atoms with Crippen LogP contribution in [0.4, 0.5) is 4.39 Å². The van der Waals surface area contributed by atoms with E-state index in [2.05, 4.69) is 28.3 Å². The van der Waals surface area contributed by atoms with Crippen molar-refractivity contribution < 1.29 is 4.39 Å². The highest BCUT2D eigenvalue weighted by molar-refractivity contribution is 9.10. The molecular formula is C15H21BrFN. The molecule has 1 atom stereocenters. The third-order valence-electron chi connectivity index (χ3n) is 4.07. The summed E-state index contributed by atoms with van der Waals surface area (Å²) in [6.45, 7) is 0. The second kappa shape index (κ2) is 6.67. The summed E-state index contributed by atoms with van der Waals surface area (Å²) >= 11 is 3.25. The minimum absolute atomic E-state index is 0.181. The zero-order valence-electron chi connectivity index (χ0n) is 10.9. The summed E-state index contributed by atoms with van der Waals surface area (Å²) in [5.41, 5.74) is 1.21.